The molecule has 7 nitrogen and oxygen atoms in total. The lowest BCUT2D eigenvalue weighted by molar-refractivity contribution is -0.802. The molecule has 80 valence electrons. The molecule has 0 aromatic rings. The first-order chi connectivity index (χ1) is 6.25. The summed E-state index contributed by atoms with van der Waals surface area (Å²) in [5.74, 6) is -1.79. The van der Waals surface area contributed by atoms with Gasteiger partial charge >= 0.3 is 18.0 Å². The van der Waals surface area contributed by atoms with Crippen LogP contribution in [-0.4, -0.2) is 48.2 Å². The molecule has 0 aliphatic carbocycles. The molecule has 0 aliphatic rings. The summed E-state index contributed by atoms with van der Waals surface area (Å²) in [6.45, 7) is 0.727. The van der Waals surface area contributed by atoms with E-state index in [0.29, 0.717) is 0 Å². The van der Waals surface area contributed by atoms with Crippen molar-refractivity contribution in [3.8, 4) is 0 Å². The van der Waals surface area contributed by atoms with Crippen molar-refractivity contribution in [2.24, 2.45) is 0 Å². The lowest BCUT2D eigenvalue weighted by Gasteiger charge is -2.23. The van der Waals surface area contributed by atoms with E-state index in [-0.39, 0.29) is 0 Å². The summed E-state index contributed by atoms with van der Waals surface area (Å²) in [4.78, 5) is 36.1. The predicted molar refractivity (Wildman–Crippen MR) is 44.9 cm³/mol. The molecule has 0 atom stereocenters. The van der Waals surface area contributed by atoms with Crippen molar-refractivity contribution in [2.45, 2.75) is 6.92 Å². The molecule has 0 bridgehead atoms. The van der Waals surface area contributed by atoms with Crippen LogP contribution in [0.3, 0.4) is 0 Å². The van der Waals surface area contributed by atoms with Crippen LogP contribution in [-0.2, 0) is 14.4 Å². The fourth-order valence-corrected chi connectivity index (χ4v) is 0.649. The Balaban J connectivity index is 4.21. The molecule has 0 aromatic heterocycles. The fourth-order valence-electron chi connectivity index (χ4n) is 0.649. The van der Waals surface area contributed by atoms with Crippen LogP contribution in [0.25, 0.3) is 0 Å². The number of carbonyl (C=O) groups excluding carboxylic acids is 2. The fraction of sp³-hybridized carbons (Fsp3) is 0.571. The van der Waals surface area contributed by atoms with Gasteiger partial charge in [-0.05, 0) is 0 Å². The molecule has 0 saturated heterocycles. The topological polar surface area (TPSA) is 92.7 Å². The Hall–Kier alpha value is -1.63. The SMILES string of the molecule is CC(=O)ONC(=O)[N+](C)(C)CC(=O)O. The number of quaternary nitrogens is 1. The maximum atomic E-state index is 11.2. The van der Waals surface area contributed by atoms with E-state index < -0.39 is 29.0 Å². The lowest BCUT2D eigenvalue weighted by atomic mass is 10.5. The molecule has 14 heavy (non-hydrogen) atoms. The third-order valence-corrected chi connectivity index (χ3v) is 1.36. The van der Waals surface area contributed by atoms with E-state index in [2.05, 4.69) is 4.84 Å². The molecule has 2 amide bonds. The number of hydrogen-bond donors (Lipinski definition) is 2. The van der Waals surface area contributed by atoms with Crippen molar-refractivity contribution < 1.29 is 28.8 Å². The van der Waals surface area contributed by atoms with Crippen LogP contribution >= 0.6 is 0 Å². The first kappa shape index (κ1) is 12.4. The number of carboxylic acids is 1. The molecule has 7 heteroatoms. The summed E-state index contributed by atoms with van der Waals surface area (Å²) in [6, 6.07) is -0.706. The van der Waals surface area contributed by atoms with Crippen LogP contribution in [0.4, 0.5) is 4.79 Å². The number of urea groups is 1. The normalized spacial score (nSPS) is 10.5. The number of rotatable bonds is 2. The summed E-state index contributed by atoms with van der Waals surface area (Å²) in [6.07, 6.45) is 0. The van der Waals surface area contributed by atoms with Gasteiger partial charge in [0.1, 0.15) is 0 Å². The number of aliphatic carboxylic acids is 1. The standard InChI is InChI=1S/C7H12N2O5/c1-5(10)14-8-7(13)9(2,3)4-6(11)12/h4H2,1-3H3,(H-,8,11,12,13)/p+1. The predicted octanol–water partition coefficient (Wildman–Crippen LogP) is -0.665. The van der Waals surface area contributed by atoms with E-state index in [1.807, 2.05) is 5.48 Å². The molecule has 0 aromatic carbocycles. The van der Waals surface area contributed by atoms with Crippen molar-refractivity contribution in [1.82, 2.24) is 5.48 Å². The maximum absolute atomic E-state index is 11.2. The largest absolute Gasteiger partial charge is 0.477 e. The number of amides is 2. The Labute approximate surface area is 80.8 Å². The monoisotopic (exact) mass is 205 g/mol. The average molecular weight is 205 g/mol. The minimum absolute atomic E-state index is 0.396. The van der Waals surface area contributed by atoms with Crippen LogP contribution in [0.2, 0.25) is 0 Å². The molecule has 0 aliphatic heterocycles. The summed E-state index contributed by atoms with van der Waals surface area (Å²) in [5.41, 5.74) is 1.85. The van der Waals surface area contributed by atoms with Crippen molar-refractivity contribution in [1.29, 1.82) is 0 Å². The van der Waals surface area contributed by atoms with Crippen molar-refractivity contribution in [3.05, 3.63) is 0 Å². The number of carboxylic acid groups (broad SMARTS) is 1. The van der Waals surface area contributed by atoms with E-state index in [1.165, 1.54) is 14.1 Å². The smallest absolute Gasteiger partial charge is 0.449 e. The second-order valence-corrected chi connectivity index (χ2v) is 3.24. The number of nitrogens with one attached hydrogen (secondary N) is 1. The second kappa shape index (κ2) is 4.56. The molecule has 0 rings (SSSR count). The summed E-state index contributed by atoms with van der Waals surface area (Å²) in [5, 5.41) is 8.47. The zero-order valence-corrected chi connectivity index (χ0v) is 8.23. The van der Waals surface area contributed by atoms with Gasteiger partial charge in [0.15, 0.2) is 6.54 Å². The number of carbonyl (C=O) groups is 3. The Morgan fingerprint density at radius 1 is 1.36 bits per heavy atom. The van der Waals surface area contributed by atoms with E-state index >= 15 is 0 Å². The van der Waals surface area contributed by atoms with Crippen LogP contribution in [0.5, 0.6) is 0 Å². The van der Waals surface area contributed by atoms with Crippen molar-refractivity contribution >= 4 is 18.0 Å². The van der Waals surface area contributed by atoms with E-state index in [9.17, 15) is 14.4 Å². The molecule has 0 heterocycles. The Morgan fingerprint density at radius 3 is 2.21 bits per heavy atom. The van der Waals surface area contributed by atoms with Gasteiger partial charge in [0.2, 0.25) is 0 Å². The lowest BCUT2D eigenvalue weighted by Crippen LogP contribution is -2.54. The molecule has 2 N–H and O–H groups in total. The third kappa shape index (κ3) is 4.41. The number of hydroxylamine groups is 1. The third-order valence-electron chi connectivity index (χ3n) is 1.36. The van der Waals surface area contributed by atoms with E-state index in [1.54, 1.807) is 0 Å². The van der Waals surface area contributed by atoms with Gasteiger partial charge in [0.25, 0.3) is 0 Å². The maximum Gasteiger partial charge on any atom is 0.449 e. The summed E-state index contributed by atoms with van der Waals surface area (Å²) in [7, 11) is 2.76. The van der Waals surface area contributed by atoms with Crippen LogP contribution in [0.1, 0.15) is 6.92 Å². The second-order valence-electron chi connectivity index (χ2n) is 3.24. The molecule has 0 unspecified atom stereocenters. The Morgan fingerprint density at radius 2 is 1.86 bits per heavy atom. The minimum atomic E-state index is -1.12. The number of nitrogens with zero attached hydrogens (tertiary/aromatic N) is 1. The highest BCUT2D eigenvalue weighted by atomic mass is 16.7. The van der Waals surface area contributed by atoms with Crippen LogP contribution in [0.15, 0.2) is 0 Å². The van der Waals surface area contributed by atoms with E-state index in [4.69, 9.17) is 5.11 Å². The van der Waals surface area contributed by atoms with Crippen LogP contribution < -0.4 is 5.48 Å². The highest BCUT2D eigenvalue weighted by Crippen LogP contribution is 1.97. The highest BCUT2D eigenvalue weighted by Gasteiger charge is 2.30. The number of hydrogen-bond acceptors (Lipinski definition) is 4. The zero-order chi connectivity index (χ0) is 11.4. The van der Waals surface area contributed by atoms with Gasteiger partial charge in [-0.15, -0.1) is 5.48 Å². The first-order valence-electron chi connectivity index (χ1n) is 3.78. The quantitative estimate of drug-likeness (QED) is 0.461. The molecular weight excluding hydrogens is 192 g/mol. The van der Waals surface area contributed by atoms with Crippen LogP contribution in [0, 0.1) is 0 Å². The summed E-state index contributed by atoms with van der Waals surface area (Å²) < 4.78 is -0.456. The summed E-state index contributed by atoms with van der Waals surface area (Å²) >= 11 is 0. The molecule has 0 fully saturated rings. The van der Waals surface area contributed by atoms with Gasteiger partial charge in [0, 0.05) is 6.92 Å². The van der Waals surface area contributed by atoms with Gasteiger partial charge in [-0.2, -0.15) is 0 Å². The minimum Gasteiger partial charge on any atom is -0.477 e. The van der Waals surface area contributed by atoms with Crippen molar-refractivity contribution in [3.63, 3.8) is 0 Å². The zero-order valence-electron chi connectivity index (χ0n) is 8.23. The first-order valence-corrected chi connectivity index (χ1v) is 3.78. The number of likely N-dealkylation sites (N-methyl/N-ethyl adjacent to an activating group) is 1. The molecule has 0 radical (unpaired) electrons. The highest BCUT2D eigenvalue weighted by molar-refractivity contribution is 5.74. The van der Waals surface area contributed by atoms with Gasteiger partial charge in [0.05, 0.1) is 14.1 Å². The molecule has 0 saturated carbocycles. The molecule has 0 spiro atoms. The Bertz CT molecular complexity index is 261. The average Bonchev–Trinajstić information content (AvgIpc) is 1.97. The van der Waals surface area contributed by atoms with Crippen molar-refractivity contribution in [2.75, 3.05) is 20.6 Å². The van der Waals surface area contributed by atoms with E-state index in [0.717, 1.165) is 6.92 Å². The van der Waals surface area contributed by atoms with Gasteiger partial charge in [-0.1, -0.05) is 0 Å². The van der Waals surface area contributed by atoms with Gasteiger partial charge in [-0.25, -0.2) is 14.1 Å². The molecular formula is C7H13N2O5+. The Kier molecular flexibility index (Phi) is 4.03. The van der Waals surface area contributed by atoms with Gasteiger partial charge in [-0.3, -0.25) is 4.79 Å². The van der Waals surface area contributed by atoms with Gasteiger partial charge < -0.3 is 9.94 Å².